The Morgan fingerprint density at radius 2 is 2.33 bits per heavy atom. The summed E-state index contributed by atoms with van der Waals surface area (Å²) in [4.78, 5) is 0. The average molecular weight is 228 g/mol. The highest BCUT2D eigenvalue weighted by molar-refractivity contribution is 7.99. The lowest BCUT2D eigenvalue weighted by Gasteiger charge is -2.23. The molecule has 0 saturated heterocycles. The van der Waals surface area contributed by atoms with Crippen LogP contribution in [-0.2, 0) is 0 Å². The van der Waals surface area contributed by atoms with E-state index in [1.165, 1.54) is 12.8 Å². The fourth-order valence-electron chi connectivity index (χ4n) is 1.30. The van der Waals surface area contributed by atoms with E-state index in [0.29, 0.717) is 12.0 Å². The minimum absolute atomic E-state index is 0.228. The van der Waals surface area contributed by atoms with Crippen molar-refractivity contribution in [2.45, 2.75) is 38.3 Å². The molecule has 0 bridgehead atoms. The molecule has 86 valence electrons. The van der Waals surface area contributed by atoms with Gasteiger partial charge in [-0.25, -0.2) is 0 Å². The number of hydrogen-bond donors (Lipinski definition) is 2. The van der Waals surface area contributed by atoms with Crippen LogP contribution in [0.5, 0.6) is 0 Å². The number of hydrogen-bond acceptors (Lipinski definition) is 4. The Labute approximate surface area is 96.2 Å². The number of nitrogens with zero attached hydrogens (tertiary/aromatic N) is 1. The van der Waals surface area contributed by atoms with Crippen molar-refractivity contribution >= 4 is 11.8 Å². The van der Waals surface area contributed by atoms with E-state index in [9.17, 15) is 0 Å². The van der Waals surface area contributed by atoms with Gasteiger partial charge in [0.2, 0.25) is 0 Å². The minimum atomic E-state index is -0.402. The molecule has 1 saturated carbocycles. The van der Waals surface area contributed by atoms with Crippen molar-refractivity contribution in [2.75, 3.05) is 18.1 Å². The van der Waals surface area contributed by atoms with Gasteiger partial charge in [0.25, 0.3) is 0 Å². The molecule has 0 amide bonds. The molecule has 0 heterocycles. The lowest BCUT2D eigenvalue weighted by atomic mass is 10.1. The minimum Gasteiger partial charge on any atom is -0.396 e. The molecular weight excluding hydrogens is 208 g/mol. The fourth-order valence-corrected chi connectivity index (χ4v) is 2.48. The Hall–Kier alpha value is -0.240. The number of aliphatic hydroxyl groups excluding tert-OH is 1. The summed E-state index contributed by atoms with van der Waals surface area (Å²) in [7, 11) is 0. The summed E-state index contributed by atoms with van der Waals surface area (Å²) < 4.78 is 0. The Morgan fingerprint density at radius 3 is 2.80 bits per heavy atom. The molecule has 0 aromatic carbocycles. The summed E-state index contributed by atoms with van der Waals surface area (Å²) >= 11 is 1.74. The molecule has 1 rings (SSSR count). The summed E-state index contributed by atoms with van der Waals surface area (Å²) in [6.45, 7) is 4.21. The summed E-state index contributed by atoms with van der Waals surface area (Å²) in [5, 5.41) is 21.4. The van der Waals surface area contributed by atoms with Crippen LogP contribution in [0.15, 0.2) is 0 Å². The smallest absolute Gasteiger partial charge is 0.113 e. The van der Waals surface area contributed by atoms with Crippen molar-refractivity contribution in [3.05, 3.63) is 0 Å². The van der Waals surface area contributed by atoms with Crippen LogP contribution in [0, 0.1) is 17.2 Å². The van der Waals surface area contributed by atoms with Gasteiger partial charge < -0.3 is 5.11 Å². The third-order valence-electron chi connectivity index (χ3n) is 2.45. The molecule has 1 aliphatic carbocycles. The summed E-state index contributed by atoms with van der Waals surface area (Å²) in [6, 6.07) is 2.91. The van der Waals surface area contributed by atoms with E-state index in [4.69, 9.17) is 10.4 Å². The van der Waals surface area contributed by atoms with E-state index in [1.807, 2.05) is 13.8 Å². The molecule has 2 unspecified atom stereocenters. The average Bonchev–Trinajstić information content (AvgIpc) is 3.01. The number of rotatable bonds is 7. The molecular formula is C11H20N2OS. The van der Waals surface area contributed by atoms with Crippen molar-refractivity contribution in [2.24, 2.45) is 5.92 Å². The standard InChI is InChI=1S/C11H20N2OS/c1-9(5-14)6-15-8-11(2,7-12)13-10-3-4-10/h9-10,13-14H,3-6,8H2,1-2H3. The van der Waals surface area contributed by atoms with Gasteiger partial charge in [-0.05, 0) is 31.4 Å². The van der Waals surface area contributed by atoms with E-state index in [1.54, 1.807) is 11.8 Å². The predicted molar refractivity (Wildman–Crippen MR) is 63.8 cm³/mol. The van der Waals surface area contributed by atoms with Gasteiger partial charge in [0.15, 0.2) is 0 Å². The Bertz CT molecular complexity index is 237. The molecule has 0 aromatic rings. The van der Waals surface area contributed by atoms with Gasteiger partial charge in [0.1, 0.15) is 5.54 Å². The highest BCUT2D eigenvalue weighted by Gasteiger charge is 2.32. The first-order chi connectivity index (χ1) is 7.09. The quantitative estimate of drug-likeness (QED) is 0.691. The Balaban J connectivity index is 2.23. The normalized spacial score (nSPS) is 21.7. The summed E-state index contributed by atoms with van der Waals surface area (Å²) in [5.41, 5.74) is -0.402. The second-order valence-corrected chi connectivity index (χ2v) is 5.70. The molecule has 0 aliphatic heterocycles. The molecule has 2 atom stereocenters. The maximum atomic E-state index is 9.11. The highest BCUT2D eigenvalue weighted by Crippen LogP contribution is 2.24. The number of nitriles is 1. The van der Waals surface area contributed by atoms with Gasteiger partial charge in [-0.1, -0.05) is 6.92 Å². The zero-order valence-corrected chi connectivity index (χ0v) is 10.3. The van der Waals surface area contributed by atoms with Crippen LogP contribution in [0.4, 0.5) is 0 Å². The van der Waals surface area contributed by atoms with Gasteiger partial charge in [-0.15, -0.1) is 0 Å². The van der Waals surface area contributed by atoms with Crippen LogP contribution >= 0.6 is 11.8 Å². The molecule has 0 aromatic heterocycles. The number of nitrogens with one attached hydrogen (secondary N) is 1. The van der Waals surface area contributed by atoms with Crippen molar-refractivity contribution in [3.8, 4) is 6.07 Å². The molecule has 0 spiro atoms. The summed E-state index contributed by atoms with van der Waals surface area (Å²) in [5.74, 6) is 2.03. The van der Waals surface area contributed by atoms with E-state index >= 15 is 0 Å². The summed E-state index contributed by atoms with van der Waals surface area (Å²) in [6.07, 6.45) is 2.41. The monoisotopic (exact) mass is 228 g/mol. The van der Waals surface area contributed by atoms with E-state index < -0.39 is 5.54 Å². The molecule has 0 radical (unpaired) electrons. The Kier molecular flexibility index (Phi) is 4.91. The second kappa shape index (κ2) is 5.74. The largest absolute Gasteiger partial charge is 0.396 e. The van der Waals surface area contributed by atoms with Gasteiger partial charge >= 0.3 is 0 Å². The van der Waals surface area contributed by atoms with Gasteiger partial charge in [-0.2, -0.15) is 17.0 Å². The highest BCUT2D eigenvalue weighted by atomic mass is 32.2. The zero-order valence-electron chi connectivity index (χ0n) is 9.49. The fraction of sp³-hybridized carbons (Fsp3) is 0.909. The van der Waals surface area contributed by atoms with Gasteiger partial charge in [-0.3, -0.25) is 5.32 Å². The van der Waals surface area contributed by atoms with Gasteiger partial charge in [0, 0.05) is 18.4 Å². The van der Waals surface area contributed by atoms with Crippen LogP contribution in [0.2, 0.25) is 0 Å². The molecule has 4 heteroatoms. The van der Waals surface area contributed by atoms with E-state index in [-0.39, 0.29) is 6.61 Å². The van der Waals surface area contributed by atoms with E-state index in [0.717, 1.165) is 11.5 Å². The van der Waals surface area contributed by atoms with Crippen LogP contribution < -0.4 is 5.32 Å². The van der Waals surface area contributed by atoms with Gasteiger partial charge in [0.05, 0.1) is 6.07 Å². The third-order valence-corrected chi connectivity index (χ3v) is 4.04. The van der Waals surface area contributed by atoms with Crippen LogP contribution in [0.1, 0.15) is 26.7 Å². The molecule has 2 N–H and O–H groups in total. The topological polar surface area (TPSA) is 56.0 Å². The Morgan fingerprint density at radius 1 is 1.67 bits per heavy atom. The number of thioether (sulfide) groups is 1. The third kappa shape index (κ3) is 4.87. The first kappa shape index (κ1) is 12.8. The van der Waals surface area contributed by atoms with Crippen molar-refractivity contribution < 1.29 is 5.11 Å². The first-order valence-corrected chi connectivity index (χ1v) is 6.62. The van der Waals surface area contributed by atoms with Crippen molar-refractivity contribution in [1.29, 1.82) is 5.26 Å². The van der Waals surface area contributed by atoms with Crippen LogP contribution in [0.25, 0.3) is 0 Å². The van der Waals surface area contributed by atoms with Crippen molar-refractivity contribution in [3.63, 3.8) is 0 Å². The van der Waals surface area contributed by atoms with Crippen LogP contribution in [-0.4, -0.2) is 34.8 Å². The maximum absolute atomic E-state index is 9.11. The predicted octanol–water partition coefficient (Wildman–Crippen LogP) is 1.38. The van der Waals surface area contributed by atoms with E-state index in [2.05, 4.69) is 11.4 Å². The van der Waals surface area contributed by atoms with Crippen LogP contribution in [0.3, 0.4) is 0 Å². The second-order valence-electron chi connectivity index (χ2n) is 4.67. The molecule has 15 heavy (non-hydrogen) atoms. The SMILES string of the molecule is CC(CO)CSCC(C)(C#N)NC1CC1. The molecule has 3 nitrogen and oxygen atoms in total. The molecule has 1 fully saturated rings. The van der Waals surface area contributed by atoms with Crippen molar-refractivity contribution in [1.82, 2.24) is 5.32 Å². The lowest BCUT2D eigenvalue weighted by Crippen LogP contribution is -2.44. The first-order valence-electron chi connectivity index (χ1n) is 5.47. The zero-order chi connectivity index (χ0) is 11.3. The maximum Gasteiger partial charge on any atom is 0.113 e. The number of aliphatic hydroxyl groups is 1. The molecule has 1 aliphatic rings. The lowest BCUT2D eigenvalue weighted by molar-refractivity contribution is 0.250.